The van der Waals surface area contributed by atoms with E-state index in [4.69, 9.17) is 11.6 Å². The fourth-order valence-corrected chi connectivity index (χ4v) is 4.38. The Morgan fingerprint density at radius 3 is 2.56 bits per heavy atom. The molecule has 0 spiro atoms. The number of rotatable bonds is 5. The van der Waals surface area contributed by atoms with Crippen LogP contribution in [-0.4, -0.2) is 23.9 Å². The zero-order valence-corrected chi connectivity index (χ0v) is 18.4. The molecule has 2 aliphatic heterocycles. The minimum absolute atomic E-state index is 0.136. The van der Waals surface area contributed by atoms with E-state index in [0.29, 0.717) is 10.6 Å². The topological polar surface area (TPSA) is 44.4 Å². The summed E-state index contributed by atoms with van der Waals surface area (Å²) < 4.78 is 0. The molecule has 0 saturated carbocycles. The van der Waals surface area contributed by atoms with Crippen LogP contribution >= 0.6 is 11.6 Å². The molecule has 3 aromatic carbocycles. The van der Waals surface area contributed by atoms with Crippen molar-refractivity contribution in [2.24, 2.45) is 0 Å². The molecule has 0 unspecified atom stereocenters. The van der Waals surface area contributed by atoms with E-state index in [2.05, 4.69) is 52.0 Å². The lowest BCUT2D eigenvalue weighted by Gasteiger charge is -2.23. The number of fused-ring (bicyclic) bond motifs is 1. The molecular weight excluding hydrogens is 418 g/mol. The van der Waals surface area contributed by atoms with Gasteiger partial charge in [-0.15, -0.1) is 0 Å². The smallest absolute Gasteiger partial charge is 0.258 e. The minimum Gasteiger partial charge on any atom is -0.354 e. The molecule has 0 aromatic heterocycles. The number of benzene rings is 3. The first-order valence-electron chi connectivity index (χ1n) is 10.8. The Kier molecular flexibility index (Phi) is 5.80. The van der Waals surface area contributed by atoms with Crippen LogP contribution in [0.5, 0.6) is 0 Å². The van der Waals surface area contributed by atoms with Gasteiger partial charge in [0.15, 0.2) is 0 Å². The van der Waals surface area contributed by atoms with Crippen molar-refractivity contribution in [2.45, 2.75) is 13.0 Å². The molecule has 0 fully saturated rings. The van der Waals surface area contributed by atoms with Crippen molar-refractivity contribution in [1.82, 2.24) is 4.90 Å². The third kappa shape index (κ3) is 4.33. The molecule has 160 valence electrons. The summed E-state index contributed by atoms with van der Waals surface area (Å²) in [6, 6.07) is 23.9. The molecule has 5 heteroatoms. The Bertz CT molecular complexity index is 1200. The summed E-state index contributed by atoms with van der Waals surface area (Å²) in [5, 5.41) is 7.06. The predicted octanol–water partition coefficient (Wildman–Crippen LogP) is 6.03. The van der Waals surface area contributed by atoms with Crippen LogP contribution in [0.3, 0.4) is 0 Å². The third-order valence-corrected chi connectivity index (χ3v) is 6.05. The van der Waals surface area contributed by atoms with Crippen LogP contribution in [0, 0.1) is 0 Å². The second-order valence-electron chi connectivity index (χ2n) is 8.08. The first-order valence-corrected chi connectivity index (χ1v) is 11.2. The second-order valence-corrected chi connectivity index (χ2v) is 8.51. The van der Waals surface area contributed by atoms with E-state index >= 15 is 0 Å². The molecule has 0 aliphatic carbocycles. The van der Waals surface area contributed by atoms with Gasteiger partial charge in [-0.05, 0) is 41.8 Å². The average molecular weight is 442 g/mol. The zero-order valence-electron chi connectivity index (χ0n) is 17.6. The number of hydrogen-bond donors (Lipinski definition) is 2. The molecule has 2 N–H and O–H groups in total. The summed E-state index contributed by atoms with van der Waals surface area (Å²) in [5.41, 5.74) is 6.14. The van der Waals surface area contributed by atoms with Gasteiger partial charge in [0.2, 0.25) is 0 Å². The number of nitrogens with one attached hydrogen (secondary N) is 2. The number of hydrogen-bond acceptors (Lipinski definition) is 3. The van der Waals surface area contributed by atoms with E-state index in [0.717, 1.165) is 54.3 Å². The van der Waals surface area contributed by atoms with E-state index in [-0.39, 0.29) is 5.91 Å². The third-order valence-electron chi connectivity index (χ3n) is 5.81. The highest BCUT2D eigenvalue weighted by Gasteiger charge is 2.28. The molecule has 0 saturated heterocycles. The molecule has 1 amide bonds. The van der Waals surface area contributed by atoms with Gasteiger partial charge in [0.05, 0.1) is 17.0 Å². The molecular formula is C27H24ClN3O. The van der Waals surface area contributed by atoms with Crippen molar-refractivity contribution in [3.8, 4) is 0 Å². The standard InChI is InChI=1S/C27H24ClN3O/c28-21-11-14-23-24(17-21)30-27(32)25(23)26(20-7-3-1-4-8-20)29-22-12-9-19(10-13-22)18-31-15-5-2-6-16-31/h1-5,7-14,17,29H,6,15-16,18H2,(H,30,32)/b26-25-. The Hall–Kier alpha value is -3.34. The number of anilines is 2. The Balaban J connectivity index is 1.48. The van der Waals surface area contributed by atoms with Crippen LogP contribution in [0.2, 0.25) is 5.02 Å². The molecule has 32 heavy (non-hydrogen) atoms. The van der Waals surface area contributed by atoms with Crippen molar-refractivity contribution in [3.05, 3.63) is 107 Å². The van der Waals surface area contributed by atoms with Crippen LogP contribution < -0.4 is 10.6 Å². The summed E-state index contributed by atoms with van der Waals surface area (Å²) in [6.45, 7) is 3.04. The maximum Gasteiger partial charge on any atom is 0.258 e. The van der Waals surface area contributed by atoms with Gasteiger partial charge in [0.1, 0.15) is 0 Å². The van der Waals surface area contributed by atoms with Gasteiger partial charge in [-0.1, -0.05) is 72.3 Å². The van der Waals surface area contributed by atoms with E-state index in [1.165, 1.54) is 5.56 Å². The number of carbonyl (C=O) groups is 1. The highest BCUT2D eigenvalue weighted by Crippen LogP contribution is 2.38. The number of nitrogens with zero attached hydrogens (tertiary/aromatic N) is 1. The predicted molar refractivity (Wildman–Crippen MR) is 132 cm³/mol. The minimum atomic E-state index is -0.136. The lowest BCUT2D eigenvalue weighted by atomic mass is 10.00. The summed E-state index contributed by atoms with van der Waals surface area (Å²) in [5.74, 6) is -0.136. The van der Waals surface area contributed by atoms with Gasteiger partial charge < -0.3 is 10.6 Å². The van der Waals surface area contributed by atoms with Crippen molar-refractivity contribution in [3.63, 3.8) is 0 Å². The van der Waals surface area contributed by atoms with Crippen molar-refractivity contribution in [2.75, 3.05) is 23.7 Å². The van der Waals surface area contributed by atoms with Crippen LogP contribution in [0.1, 0.15) is 23.1 Å². The Morgan fingerprint density at radius 1 is 1.00 bits per heavy atom. The quantitative estimate of drug-likeness (QED) is 0.375. The molecule has 3 aromatic rings. The molecule has 2 aliphatic rings. The normalized spacial score (nSPS) is 17.1. The van der Waals surface area contributed by atoms with E-state index in [1.54, 1.807) is 6.07 Å². The lowest BCUT2D eigenvalue weighted by Crippen LogP contribution is -2.26. The van der Waals surface area contributed by atoms with Crippen LogP contribution in [0.25, 0.3) is 11.3 Å². The fourth-order valence-electron chi connectivity index (χ4n) is 4.21. The van der Waals surface area contributed by atoms with Gasteiger partial charge in [-0.25, -0.2) is 0 Å². The van der Waals surface area contributed by atoms with Crippen LogP contribution in [-0.2, 0) is 11.3 Å². The van der Waals surface area contributed by atoms with Crippen molar-refractivity contribution >= 4 is 40.2 Å². The summed E-state index contributed by atoms with van der Waals surface area (Å²) in [7, 11) is 0. The van der Waals surface area contributed by atoms with Crippen molar-refractivity contribution < 1.29 is 4.79 Å². The highest BCUT2D eigenvalue weighted by atomic mass is 35.5. The zero-order chi connectivity index (χ0) is 21.9. The lowest BCUT2D eigenvalue weighted by molar-refractivity contribution is -0.110. The van der Waals surface area contributed by atoms with Crippen LogP contribution in [0.15, 0.2) is 84.9 Å². The van der Waals surface area contributed by atoms with Crippen molar-refractivity contribution in [1.29, 1.82) is 0 Å². The maximum absolute atomic E-state index is 13.0. The largest absolute Gasteiger partial charge is 0.354 e. The number of carbonyl (C=O) groups excluding carboxylic acids is 1. The fraction of sp³-hybridized carbons (Fsp3) is 0.148. The Morgan fingerprint density at radius 2 is 1.81 bits per heavy atom. The van der Waals surface area contributed by atoms with Gasteiger partial charge >= 0.3 is 0 Å². The Labute approximate surface area is 193 Å². The number of amides is 1. The molecule has 4 nitrogen and oxygen atoms in total. The summed E-state index contributed by atoms with van der Waals surface area (Å²) >= 11 is 6.14. The van der Waals surface area contributed by atoms with Gasteiger partial charge in [-0.3, -0.25) is 9.69 Å². The molecule has 2 heterocycles. The van der Waals surface area contributed by atoms with E-state index < -0.39 is 0 Å². The van der Waals surface area contributed by atoms with Gasteiger partial charge in [0.25, 0.3) is 5.91 Å². The number of halogens is 1. The SMILES string of the molecule is O=C1Nc2cc(Cl)ccc2/C1=C(/Nc1ccc(CN2CC=CCC2)cc1)c1ccccc1. The molecule has 0 bridgehead atoms. The molecule has 0 atom stereocenters. The van der Waals surface area contributed by atoms with E-state index in [9.17, 15) is 4.79 Å². The summed E-state index contributed by atoms with van der Waals surface area (Å²) in [6.07, 6.45) is 5.59. The molecule has 5 rings (SSSR count). The van der Waals surface area contributed by atoms with Gasteiger partial charge in [-0.2, -0.15) is 0 Å². The monoisotopic (exact) mass is 441 g/mol. The van der Waals surface area contributed by atoms with Crippen LogP contribution in [0.4, 0.5) is 11.4 Å². The maximum atomic E-state index is 13.0. The molecule has 0 radical (unpaired) electrons. The first-order chi connectivity index (χ1) is 15.7. The second kappa shape index (κ2) is 9.03. The summed E-state index contributed by atoms with van der Waals surface area (Å²) in [4.78, 5) is 15.4. The average Bonchev–Trinajstić information content (AvgIpc) is 3.14. The van der Waals surface area contributed by atoms with E-state index in [1.807, 2.05) is 42.5 Å². The van der Waals surface area contributed by atoms with Gasteiger partial charge in [0, 0.05) is 35.9 Å². The first kappa shape index (κ1) is 20.6. The highest BCUT2D eigenvalue weighted by molar-refractivity contribution is 6.38.